The molecule has 1 aromatic rings. The summed E-state index contributed by atoms with van der Waals surface area (Å²) >= 11 is 4.63. The van der Waals surface area contributed by atoms with E-state index in [0.29, 0.717) is 18.1 Å². The van der Waals surface area contributed by atoms with Gasteiger partial charge >= 0.3 is 5.97 Å². The van der Waals surface area contributed by atoms with E-state index in [9.17, 15) is 4.79 Å². The lowest BCUT2D eigenvalue weighted by atomic mass is 10.2. The maximum atomic E-state index is 11.2. The molecule has 0 fully saturated rings. The fraction of sp³-hybridized carbons (Fsp3) is 0.308. The lowest BCUT2D eigenvalue weighted by Crippen LogP contribution is -2.23. The molecule has 0 bridgehead atoms. The Morgan fingerprint density at radius 3 is 2.86 bits per heavy atom. The Bertz CT molecular complexity index is 534. The van der Waals surface area contributed by atoms with Crippen molar-refractivity contribution in [1.29, 1.82) is 0 Å². The quantitative estimate of drug-likeness (QED) is 0.333. The molecule has 0 atom stereocenters. The van der Waals surface area contributed by atoms with Gasteiger partial charge < -0.3 is 19.9 Å². The zero-order chi connectivity index (χ0) is 15.7. The van der Waals surface area contributed by atoms with Crippen LogP contribution in [0.5, 0.6) is 11.5 Å². The third-order valence-electron chi connectivity index (χ3n) is 2.23. The van der Waals surface area contributed by atoms with Crippen molar-refractivity contribution in [1.82, 2.24) is 5.43 Å². The second kappa shape index (κ2) is 8.75. The Balaban J connectivity index is 2.72. The van der Waals surface area contributed by atoms with Crippen LogP contribution in [-0.4, -0.2) is 37.6 Å². The van der Waals surface area contributed by atoms with Crippen LogP contribution in [0, 0.1) is 0 Å². The minimum absolute atomic E-state index is 0.0765. The van der Waals surface area contributed by atoms with E-state index >= 15 is 0 Å². The van der Waals surface area contributed by atoms with Crippen molar-refractivity contribution in [3.05, 3.63) is 23.8 Å². The standard InChI is InChI=1S/C13H17N3O4S/c1-3-19-12(17)8-20-10-5-4-9(6-11(10)18-2)7-15-16-13(14)21/h4-7H,3,8H2,1-2H3,(H3,14,16,21). The molecule has 0 spiro atoms. The fourth-order valence-electron chi connectivity index (χ4n) is 1.39. The monoisotopic (exact) mass is 311 g/mol. The molecule has 0 radical (unpaired) electrons. The molecule has 0 aliphatic carbocycles. The zero-order valence-corrected chi connectivity index (χ0v) is 12.6. The molecule has 0 unspecified atom stereocenters. The van der Waals surface area contributed by atoms with Crippen molar-refractivity contribution in [2.75, 3.05) is 20.3 Å². The van der Waals surface area contributed by atoms with Gasteiger partial charge in [-0.2, -0.15) is 5.10 Å². The van der Waals surface area contributed by atoms with Crippen molar-refractivity contribution < 1.29 is 19.0 Å². The van der Waals surface area contributed by atoms with Crippen LogP contribution in [0.3, 0.4) is 0 Å². The molecule has 1 aromatic carbocycles. The lowest BCUT2D eigenvalue weighted by Gasteiger charge is -2.10. The van der Waals surface area contributed by atoms with E-state index in [0.717, 1.165) is 5.56 Å². The van der Waals surface area contributed by atoms with Crippen LogP contribution >= 0.6 is 12.2 Å². The molecule has 0 heterocycles. The second-order valence-electron chi connectivity index (χ2n) is 3.74. The average Bonchev–Trinajstić information content (AvgIpc) is 2.45. The highest BCUT2D eigenvalue weighted by molar-refractivity contribution is 7.80. The van der Waals surface area contributed by atoms with Gasteiger partial charge in [-0.3, -0.25) is 5.43 Å². The Labute approximate surface area is 128 Å². The SMILES string of the molecule is CCOC(=O)COc1ccc(C=NNC(N)=S)cc1OC. The zero-order valence-electron chi connectivity index (χ0n) is 11.8. The van der Waals surface area contributed by atoms with Crippen molar-refractivity contribution in [3.63, 3.8) is 0 Å². The first-order chi connectivity index (χ1) is 10.1. The smallest absolute Gasteiger partial charge is 0.344 e. The van der Waals surface area contributed by atoms with Crippen LogP contribution in [0.25, 0.3) is 0 Å². The molecular formula is C13H17N3O4S. The van der Waals surface area contributed by atoms with Crippen molar-refractivity contribution >= 4 is 29.5 Å². The minimum atomic E-state index is -0.439. The lowest BCUT2D eigenvalue weighted by molar-refractivity contribution is -0.145. The highest BCUT2D eigenvalue weighted by Gasteiger charge is 2.08. The largest absolute Gasteiger partial charge is 0.493 e. The van der Waals surface area contributed by atoms with E-state index < -0.39 is 5.97 Å². The fourth-order valence-corrected chi connectivity index (χ4v) is 1.45. The van der Waals surface area contributed by atoms with Gasteiger partial charge in [0.25, 0.3) is 0 Å². The van der Waals surface area contributed by atoms with Gasteiger partial charge in [-0.05, 0) is 42.9 Å². The van der Waals surface area contributed by atoms with Crippen molar-refractivity contribution in [2.45, 2.75) is 6.92 Å². The number of nitrogens with one attached hydrogen (secondary N) is 1. The second-order valence-corrected chi connectivity index (χ2v) is 4.18. The van der Waals surface area contributed by atoms with Gasteiger partial charge in [0.15, 0.2) is 23.2 Å². The molecule has 0 saturated carbocycles. The van der Waals surface area contributed by atoms with E-state index in [1.807, 2.05) is 0 Å². The molecule has 1 rings (SSSR count). The maximum Gasteiger partial charge on any atom is 0.344 e. The first kappa shape index (κ1) is 16.7. The summed E-state index contributed by atoms with van der Waals surface area (Å²) in [6, 6.07) is 5.11. The summed E-state index contributed by atoms with van der Waals surface area (Å²) in [6.45, 7) is 1.86. The summed E-state index contributed by atoms with van der Waals surface area (Å²) in [5.74, 6) is 0.467. The summed E-state index contributed by atoms with van der Waals surface area (Å²) in [4.78, 5) is 11.2. The number of hydrogen-bond donors (Lipinski definition) is 2. The number of thiocarbonyl (C=S) groups is 1. The van der Waals surface area contributed by atoms with E-state index in [2.05, 4.69) is 22.7 Å². The summed E-state index contributed by atoms with van der Waals surface area (Å²) in [6.07, 6.45) is 1.52. The number of ether oxygens (including phenoxy) is 3. The number of hydrogen-bond acceptors (Lipinski definition) is 6. The van der Waals surface area contributed by atoms with Gasteiger partial charge in [0, 0.05) is 0 Å². The normalized spacial score (nSPS) is 10.2. The third-order valence-corrected chi connectivity index (χ3v) is 2.32. The molecule has 7 nitrogen and oxygen atoms in total. The van der Waals surface area contributed by atoms with Crippen LogP contribution in [0.4, 0.5) is 0 Å². The maximum absolute atomic E-state index is 11.2. The number of rotatable bonds is 7. The average molecular weight is 311 g/mol. The van der Waals surface area contributed by atoms with Gasteiger partial charge in [0.05, 0.1) is 19.9 Å². The van der Waals surface area contributed by atoms with E-state index in [1.54, 1.807) is 25.1 Å². The molecule has 0 aliphatic heterocycles. The number of hydrazone groups is 1. The van der Waals surface area contributed by atoms with Crippen LogP contribution in [-0.2, 0) is 9.53 Å². The molecule has 21 heavy (non-hydrogen) atoms. The summed E-state index contributed by atoms with van der Waals surface area (Å²) in [7, 11) is 1.50. The third kappa shape index (κ3) is 6.09. The van der Waals surface area contributed by atoms with Gasteiger partial charge in [0.1, 0.15) is 0 Å². The Morgan fingerprint density at radius 2 is 2.24 bits per heavy atom. The minimum Gasteiger partial charge on any atom is -0.493 e. The van der Waals surface area contributed by atoms with E-state index in [4.69, 9.17) is 19.9 Å². The predicted molar refractivity (Wildman–Crippen MR) is 82.6 cm³/mol. The molecule has 0 saturated heterocycles. The molecule has 3 N–H and O–H groups in total. The molecule has 8 heteroatoms. The summed E-state index contributed by atoms with van der Waals surface area (Å²) in [5, 5.41) is 3.91. The Hall–Kier alpha value is -2.35. The number of nitrogens with zero attached hydrogens (tertiary/aromatic N) is 1. The number of carbonyl (C=O) groups excluding carboxylic acids is 1. The predicted octanol–water partition coefficient (Wildman–Crippen LogP) is 0.804. The summed E-state index contributed by atoms with van der Waals surface area (Å²) in [5.41, 5.74) is 8.44. The highest BCUT2D eigenvalue weighted by Crippen LogP contribution is 2.27. The van der Waals surface area contributed by atoms with Gasteiger partial charge in [-0.15, -0.1) is 0 Å². The molecular weight excluding hydrogens is 294 g/mol. The number of nitrogens with two attached hydrogens (primary N) is 1. The van der Waals surface area contributed by atoms with Crippen LogP contribution in [0.1, 0.15) is 12.5 Å². The van der Waals surface area contributed by atoms with Gasteiger partial charge in [-0.1, -0.05) is 0 Å². The van der Waals surface area contributed by atoms with E-state index in [-0.39, 0.29) is 11.7 Å². The number of methoxy groups -OCH3 is 1. The molecule has 0 amide bonds. The number of esters is 1. The van der Waals surface area contributed by atoms with Crippen molar-refractivity contribution in [2.24, 2.45) is 10.8 Å². The first-order valence-corrected chi connectivity index (χ1v) is 6.52. The number of carbonyl (C=O) groups is 1. The highest BCUT2D eigenvalue weighted by atomic mass is 32.1. The van der Waals surface area contributed by atoms with Crippen LogP contribution in [0.2, 0.25) is 0 Å². The number of benzene rings is 1. The molecule has 114 valence electrons. The van der Waals surface area contributed by atoms with Crippen molar-refractivity contribution in [3.8, 4) is 11.5 Å². The van der Waals surface area contributed by atoms with Crippen LogP contribution in [0.15, 0.2) is 23.3 Å². The Kier molecular flexibility index (Phi) is 6.96. The van der Waals surface area contributed by atoms with E-state index in [1.165, 1.54) is 13.3 Å². The Morgan fingerprint density at radius 1 is 1.48 bits per heavy atom. The van der Waals surface area contributed by atoms with Gasteiger partial charge in [0.2, 0.25) is 0 Å². The first-order valence-electron chi connectivity index (χ1n) is 6.11. The van der Waals surface area contributed by atoms with Gasteiger partial charge in [-0.25, -0.2) is 4.79 Å². The summed E-state index contributed by atoms with van der Waals surface area (Å²) < 4.78 is 15.3. The topological polar surface area (TPSA) is 95.2 Å². The molecule has 0 aromatic heterocycles. The van der Waals surface area contributed by atoms with Crippen LogP contribution < -0.4 is 20.6 Å². The molecule has 0 aliphatic rings.